The van der Waals surface area contributed by atoms with Gasteiger partial charge in [0.1, 0.15) is 0 Å². The normalized spacial score (nSPS) is 29.8. The fourth-order valence-electron chi connectivity index (χ4n) is 5.00. The summed E-state index contributed by atoms with van der Waals surface area (Å²) in [5.41, 5.74) is 0.117. The first kappa shape index (κ1) is 22.7. The number of nitrogens with zero attached hydrogens (tertiary/aromatic N) is 3. The maximum atomic E-state index is 11.7. The van der Waals surface area contributed by atoms with Gasteiger partial charge >= 0.3 is 0 Å². The SMILES string of the molecule is CN=C(NCC1CCCN(CC(C)C)C1)N1CCCC2(CNC(=O)C2)C1.I. The van der Waals surface area contributed by atoms with Gasteiger partial charge in [-0.3, -0.25) is 9.79 Å². The van der Waals surface area contributed by atoms with E-state index in [1.54, 1.807) is 0 Å². The monoisotopic (exact) mass is 491 g/mol. The van der Waals surface area contributed by atoms with Crippen LogP contribution in [-0.2, 0) is 4.79 Å². The van der Waals surface area contributed by atoms with Crippen LogP contribution in [0.2, 0.25) is 0 Å². The minimum atomic E-state index is 0. The Kier molecular flexibility index (Phi) is 8.65. The molecule has 0 saturated carbocycles. The lowest BCUT2D eigenvalue weighted by Gasteiger charge is -2.41. The average Bonchev–Trinajstić information content (AvgIpc) is 2.95. The molecule has 0 aromatic rings. The van der Waals surface area contributed by atoms with E-state index in [4.69, 9.17) is 0 Å². The number of amides is 1. The van der Waals surface area contributed by atoms with Crippen LogP contribution in [0.4, 0.5) is 0 Å². The van der Waals surface area contributed by atoms with Crippen molar-refractivity contribution in [1.29, 1.82) is 0 Å². The molecule has 0 radical (unpaired) electrons. The molecule has 2 unspecified atom stereocenters. The van der Waals surface area contributed by atoms with Crippen molar-refractivity contribution >= 4 is 35.8 Å². The summed E-state index contributed by atoms with van der Waals surface area (Å²) in [6.07, 6.45) is 5.57. The average molecular weight is 491 g/mol. The van der Waals surface area contributed by atoms with Gasteiger partial charge in [0.15, 0.2) is 5.96 Å². The van der Waals surface area contributed by atoms with Gasteiger partial charge in [0.05, 0.1) is 0 Å². The molecule has 3 heterocycles. The number of piperidine rings is 2. The fraction of sp³-hybridized carbons (Fsp3) is 0.900. The Morgan fingerprint density at radius 1 is 1.37 bits per heavy atom. The molecule has 0 aliphatic carbocycles. The van der Waals surface area contributed by atoms with Crippen LogP contribution in [0.1, 0.15) is 46.0 Å². The Morgan fingerprint density at radius 3 is 2.85 bits per heavy atom. The molecule has 0 aromatic carbocycles. The van der Waals surface area contributed by atoms with Crippen molar-refractivity contribution in [2.45, 2.75) is 46.0 Å². The number of hydrogen-bond acceptors (Lipinski definition) is 3. The number of carbonyl (C=O) groups is 1. The van der Waals surface area contributed by atoms with Gasteiger partial charge in [0.25, 0.3) is 0 Å². The van der Waals surface area contributed by atoms with Crippen molar-refractivity contribution in [3.05, 3.63) is 0 Å². The molecular weight excluding hydrogens is 453 g/mol. The number of guanidine groups is 1. The molecule has 0 bridgehead atoms. The fourth-order valence-corrected chi connectivity index (χ4v) is 5.00. The number of rotatable bonds is 4. The Bertz CT molecular complexity index is 527. The zero-order chi connectivity index (χ0) is 18.6. The number of hydrogen-bond donors (Lipinski definition) is 2. The summed E-state index contributed by atoms with van der Waals surface area (Å²) < 4.78 is 0. The van der Waals surface area contributed by atoms with E-state index >= 15 is 0 Å². The van der Waals surface area contributed by atoms with E-state index in [1.807, 2.05) is 7.05 Å². The maximum Gasteiger partial charge on any atom is 0.220 e. The number of carbonyl (C=O) groups excluding carboxylic acids is 1. The first-order chi connectivity index (χ1) is 12.5. The van der Waals surface area contributed by atoms with Crippen LogP contribution < -0.4 is 10.6 Å². The van der Waals surface area contributed by atoms with E-state index < -0.39 is 0 Å². The van der Waals surface area contributed by atoms with Crippen LogP contribution in [-0.4, -0.2) is 74.5 Å². The van der Waals surface area contributed by atoms with Crippen LogP contribution >= 0.6 is 24.0 Å². The Morgan fingerprint density at radius 2 is 2.19 bits per heavy atom. The van der Waals surface area contributed by atoms with Gasteiger partial charge in [0, 0.05) is 58.2 Å². The standard InChI is InChI=1S/C20H37N5O.HI/c1-16(2)12-24-8-4-6-17(13-24)11-22-19(21-3)25-9-5-7-20(15-25)10-18(26)23-14-20;/h16-17H,4-15H2,1-3H3,(H,21,22)(H,23,26);1H. The summed E-state index contributed by atoms with van der Waals surface area (Å²) >= 11 is 0. The maximum absolute atomic E-state index is 11.7. The highest BCUT2D eigenvalue weighted by Gasteiger charge is 2.42. The quantitative estimate of drug-likeness (QED) is 0.360. The third-order valence-corrected chi connectivity index (χ3v) is 6.14. The van der Waals surface area contributed by atoms with Gasteiger partial charge in [-0.1, -0.05) is 13.8 Å². The van der Waals surface area contributed by atoms with Gasteiger partial charge in [-0.2, -0.15) is 0 Å². The van der Waals surface area contributed by atoms with Crippen LogP contribution in [0.25, 0.3) is 0 Å². The van der Waals surface area contributed by atoms with Gasteiger partial charge < -0.3 is 20.4 Å². The molecule has 3 aliphatic rings. The second kappa shape index (κ2) is 10.3. The predicted molar refractivity (Wildman–Crippen MR) is 122 cm³/mol. The Balaban J connectivity index is 0.00000261. The zero-order valence-corrected chi connectivity index (χ0v) is 19.6. The number of nitrogens with one attached hydrogen (secondary N) is 2. The molecule has 3 aliphatic heterocycles. The lowest BCUT2D eigenvalue weighted by atomic mass is 9.79. The van der Waals surface area contributed by atoms with Crippen molar-refractivity contribution in [3.63, 3.8) is 0 Å². The minimum absolute atomic E-state index is 0. The van der Waals surface area contributed by atoms with E-state index in [0.717, 1.165) is 50.9 Å². The van der Waals surface area contributed by atoms with Crippen molar-refractivity contribution < 1.29 is 4.79 Å². The molecule has 3 rings (SSSR count). The molecule has 27 heavy (non-hydrogen) atoms. The minimum Gasteiger partial charge on any atom is -0.356 e. The number of halogens is 1. The third kappa shape index (κ3) is 6.21. The van der Waals surface area contributed by atoms with Gasteiger partial charge in [-0.15, -0.1) is 24.0 Å². The highest BCUT2D eigenvalue weighted by Crippen LogP contribution is 2.36. The van der Waals surface area contributed by atoms with Gasteiger partial charge in [-0.05, 0) is 44.1 Å². The molecule has 156 valence electrons. The molecule has 2 atom stereocenters. The summed E-state index contributed by atoms with van der Waals surface area (Å²) in [6.45, 7) is 12.1. The molecule has 3 saturated heterocycles. The largest absolute Gasteiger partial charge is 0.356 e. The van der Waals surface area contributed by atoms with Crippen molar-refractivity contribution in [3.8, 4) is 0 Å². The van der Waals surface area contributed by atoms with E-state index in [-0.39, 0.29) is 35.3 Å². The molecule has 6 nitrogen and oxygen atoms in total. The second-order valence-electron chi connectivity index (χ2n) is 9.07. The van der Waals surface area contributed by atoms with E-state index in [9.17, 15) is 4.79 Å². The molecule has 0 aromatic heterocycles. The molecular formula is C20H38IN5O. The molecule has 1 spiro atoms. The Hall–Kier alpha value is -0.570. The van der Waals surface area contributed by atoms with Crippen LogP contribution in [0.3, 0.4) is 0 Å². The van der Waals surface area contributed by atoms with Gasteiger partial charge in [0.2, 0.25) is 5.91 Å². The topological polar surface area (TPSA) is 60.0 Å². The van der Waals surface area contributed by atoms with Crippen molar-refractivity contribution in [2.24, 2.45) is 22.2 Å². The second-order valence-corrected chi connectivity index (χ2v) is 9.07. The third-order valence-electron chi connectivity index (χ3n) is 6.14. The van der Waals surface area contributed by atoms with Crippen molar-refractivity contribution in [1.82, 2.24) is 20.4 Å². The summed E-state index contributed by atoms with van der Waals surface area (Å²) in [5, 5.41) is 6.67. The first-order valence-electron chi connectivity index (χ1n) is 10.4. The lowest BCUT2D eigenvalue weighted by Crippen LogP contribution is -2.52. The summed E-state index contributed by atoms with van der Waals surface area (Å²) in [6, 6.07) is 0. The molecule has 3 fully saturated rings. The van der Waals surface area contributed by atoms with Crippen LogP contribution in [0.5, 0.6) is 0 Å². The highest BCUT2D eigenvalue weighted by atomic mass is 127. The lowest BCUT2D eigenvalue weighted by molar-refractivity contribution is -0.119. The van der Waals surface area contributed by atoms with E-state index in [1.165, 1.54) is 32.5 Å². The van der Waals surface area contributed by atoms with Crippen LogP contribution in [0, 0.1) is 17.3 Å². The molecule has 2 N–H and O–H groups in total. The smallest absolute Gasteiger partial charge is 0.220 e. The molecule has 7 heteroatoms. The van der Waals surface area contributed by atoms with Crippen molar-refractivity contribution in [2.75, 3.05) is 52.9 Å². The highest BCUT2D eigenvalue weighted by molar-refractivity contribution is 14.0. The van der Waals surface area contributed by atoms with Crippen LogP contribution in [0.15, 0.2) is 4.99 Å². The van der Waals surface area contributed by atoms with E-state index in [2.05, 4.69) is 39.3 Å². The van der Waals surface area contributed by atoms with Gasteiger partial charge in [-0.25, -0.2) is 0 Å². The molecule has 1 amide bonds. The first-order valence-corrected chi connectivity index (χ1v) is 10.4. The zero-order valence-electron chi connectivity index (χ0n) is 17.3. The summed E-state index contributed by atoms with van der Waals surface area (Å²) in [4.78, 5) is 21.3. The predicted octanol–water partition coefficient (Wildman–Crippen LogP) is 2.15. The summed E-state index contributed by atoms with van der Waals surface area (Å²) in [5.74, 6) is 2.67. The summed E-state index contributed by atoms with van der Waals surface area (Å²) in [7, 11) is 1.88. The number of aliphatic imine (C=N–C) groups is 1. The van der Waals surface area contributed by atoms with E-state index in [0.29, 0.717) is 12.3 Å². The number of likely N-dealkylation sites (tertiary alicyclic amines) is 2. The Labute approximate surface area is 181 Å².